The minimum absolute atomic E-state index is 0.0718. The molecule has 1 amide bonds. The first-order chi connectivity index (χ1) is 11.0. The molecule has 1 fully saturated rings. The third-order valence-corrected chi connectivity index (χ3v) is 4.76. The summed E-state index contributed by atoms with van der Waals surface area (Å²) in [5.41, 5.74) is 1.53. The predicted octanol–water partition coefficient (Wildman–Crippen LogP) is 2.31. The number of halogens is 1. The number of nitrogens with zero attached hydrogens (tertiary/aromatic N) is 4. The zero-order valence-corrected chi connectivity index (χ0v) is 14.0. The molecule has 1 aliphatic heterocycles. The lowest BCUT2D eigenvalue weighted by Crippen LogP contribution is -2.46. The number of thiazole rings is 1. The second kappa shape index (κ2) is 6.54. The first-order valence-corrected chi connectivity index (χ1v) is 8.35. The van der Waals surface area contributed by atoms with Crippen LogP contribution in [-0.4, -0.2) is 56.1 Å². The van der Waals surface area contributed by atoms with Gasteiger partial charge < -0.3 is 14.7 Å². The highest BCUT2D eigenvalue weighted by Gasteiger charge is 2.21. The minimum Gasteiger partial charge on any atom is -0.368 e. The number of benzene rings is 1. The summed E-state index contributed by atoms with van der Waals surface area (Å²) in [5.74, 6) is -0.286. The van der Waals surface area contributed by atoms with Crippen LogP contribution in [0.5, 0.6) is 0 Å². The molecule has 1 aromatic heterocycles. The summed E-state index contributed by atoms with van der Waals surface area (Å²) in [5, 5.41) is 2.69. The van der Waals surface area contributed by atoms with Gasteiger partial charge in [0, 0.05) is 51.3 Å². The van der Waals surface area contributed by atoms with Crippen molar-refractivity contribution in [1.29, 1.82) is 0 Å². The van der Waals surface area contributed by atoms with Crippen molar-refractivity contribution in [2.75, 3.05) is 50.1 Å². The summed E-state index contributed by atoms with van der Waals surface area (Å²) in [6.45, 7) is 3.37. The molecule has 1 aliphatic rings. The third-order valence-electron chi connectivity index (χ3n) is 3.86. The van der Waals surface area contributed by atoms with Gasteiger partial charge in [0.1, 0.15) is 11.5 Å². The number of carbonyl (C=O) groups is 1. The summed E-state index contributed by atoms with van der Waals surface area (Å²) in [4.78, 5) is 22.3. The van der Waals surface area contributed by atoms with E-state index >= 15 is 0 Å². The maximum absolute atomic E-state index is 13.0. The van der Waals surface area contributed by atoms with Crippen molar-refractivity contribution in [1.82, 2.24) is 9.88 Å². The van der Waals surface area contributed by atoms with Crippen LogP contribution in [-0.2, 0) is 0 Å². The molecule has 0 bridgehead atoms. The Kier molecular flexibility index (Phi) is 4.47. The summed E-state index contributed by atoms with van der Waals surface area (Å²) in [7, 11) is 3.45. The molecule has 0 aliphatic carbocycles. The molecule has 122 valence electrons. The molecule has 0 atom stereocenters. The van der Waals surface area contributed by atoms with Gasteiger partial charge in [-0.15, -0.1) is 11.3 Å². The summed E-state index contributed by atoms with van der Waals surface area (Å²) >= 11 is 1.50. The Morgan fingerprint density at radius 1 is 1.13 bits per heavy atom. The number of anilines is 2. The molecular weight excluding hydrogens is 315 g/mol. The number of piperazine rings is 1. The van der Waals surface area contributed by atoms with Crippen LogP contribution in [0, 0.1) is 5.82 Å². The van der Waals surface area contributed by atoms with E-state index in [0.29, 0.717) is 5.69 Å². The quantitative estimate of drug-likeness (QED) is 0.864. The van der Waals surface area contributed by atoms with Gasteiger partial charge in [0.2, 0.25) is 0 Å². The van der Waals surface area contributed by atoms with Crippen molar-refractivity contribution in [3.8, 4) is 0 Å². The number of carbonyl (C=O) groups excluding carboxylic acids is 1. The Balaban J connectivity index is 1.63. The normalized spacial score (nSPS) is 14.9. The highest BCUT2D eigenvalue weighted by atomic mass is 32.1. The molecule has 0 spiro atoms. The van der Waals surface area contributed by atoms with E-state index in [4.69, 9.17) is 0 Å². The van der Waals surface area contributed by atoms with Gasteiger partial charge in [-0.1, -0.05) is 0 Å². The topological polar surface area (TPSA) is 39.7 Å². The largest absolute Gasteiger partial charge is 0.368 e. The van der Waals surface area contributed by atoms with E-state index in [1.165, 1.54) is 28.4 Å². The molecular formula is C16H19FN4OS. The maximum Gasteiger partial charge on any atom is 0.272 e. The Bertz CT molecular complexity index is 678. The number of rotatable bonds is 3. The van der Waals surface area contributed by atoms with E-state index in [-0.39, 0.29) is 11.7 Å². The maximum atomic E-state index is 13.0. The predicted molar refractivity (Wildman–Crippen MR) is 91.0 cm³/mol. The van der Waals surface area contributed by atoms with Crippen molar-refractivity contribution < 1.29 is 9.18 Å². The lowest BCUT2D eigenvalue weighted by Gasteiger charge is -2.36. The standard InChI is InChI=1S/C16H19FN4OS/c1-19(2)15(22)14-11-23-16(18-14)21-9-7-20(8-10-21)13-5-3-12(17)4-6-13/h3-6,11H,7-10H2,1-2H3. The van der Waals surface area contributed by atoms with Crippen molar-refractivity contribution in [3.05, 3.63) is 41.2 Å². The van der Waals surface area contributed by atoms with E-state index in [2.05, 4.69) is 14.8 Å². The van der Waals surface area contributed by atoms with Gasteiger partial charge in [0.25, 0.3) is 5.91 Å². The molecule has 0 N–H and O–H groups in total. The fourth-order valence-corrected chi connectivity index (χ4v) is 3.40. The molecule has 0 saturated carbocycles. The lowest BCUT2D eigenvalue weighted by molar-refractivity contribution is 0.0823. The third kappa shape index (κ3) is 3.44. The Hall–Kier alpha value is -2.15. The second-order valence-corrected chi connectivity index (χ2v) is 6.50. The van der Waals surface area contributed by atoms with Crippen molar-refractivity contribution in [2.24, 2.45) is 0 Å². The Morgan fingerprint density at radius 3 is 2.35 bits per heavy atom. The second-order valence-electron chi connectivity index (χ2n) is 5.67. The molecule has 0 unspecified atom stereocenters. The Labute approximate surface area is 139 Å². The first kappa shape index (κ1) is 15.7. The van der Waals surface area contributed by atoms with E-state index in [9.17, 15) is 9.18 Å². The van der Waals surface area contributed by atoms with Crippen LogP contribution in [0.2, 0.25) is 0 Å². The molecule has 2 aromatic rings. The van der Waals surface area contributed by atoms with E-state index in [0.717, 1.165) is 37.0 Å². The van der Waals surface area contributed by atoms with E-state index in [1.807, 2.05) is 17.5 Å². The molecule has 1 aromatic carbocycles. The fourth-order valence-electron chi connectivity index (χ4n) is 2.54. The van der Waals surface area contributed by atoms with Gasteiger partial charge in [0.05, 0.1) is 0 Å². The molecule has 3 rings (SSSR count). The van der Waals surface area contributed by atoms with E-state index in [1.54, 1.807) is 14.1 Å². The van der Waals surface area contributed by atoms with Gasteiger partial charge in [0.15, 0.2) is 5.13 Å². The number of hydrogen-bond donors (Lipinski definition) is 0. The van der Waals surface area contributed by atoms with Gasteiger partial charge in [-0.3, -0.25) is 4.79 Å². The van der Waals surface area contributed by atoms with Crippen molar-refractivity contribution in [3.63, 3.8) is 0 Å². The van der Waals surface area contributed by atoms with Crippen LogP contribution in [0.1, 0.15) is 10.5 Å². The van der Waals surface area contributed by atoms with Crippen LogP contribution in [0.15, 0.2) is 29.6 Å². The Morgan fingerprint density at radius 2 is 1.74 bits per heavy atom. The zero-order valence-electron chi connectivity index (χ0n) is 13.2. The summed E-state index contributed by atoms with van der Waals surface area (Å²) in [6.07, 6.45) is 0. The number of hydrogen-bond acceptors (Lipinski definition) is 5. The average Bonchev–Trinajstić information content (AvgIpc) is 3.05. The summed E-state index contributed by atoms with van der Waals surface area (Å²) in [6, 6.07) is 6.59. The molecule has 1 saturated heterocycles. The van der Waals surface area contributed by atoms with Crippen LogP contribution in [0.25, 0.3) is 0 Å². The highest BCUT2D eigenvalue weighted by molar-refractivity contribution is 7.13. The molecule has 2 heterocycles. The molecule has 5 nitrogen and oxygen atoms in total. The van der Waals surface area contributed by atoms with Gasteiger partial charge in [-0.05, 0) is 24.3 Å². The van der Waals surface area contributed by atoms with Crippen LogP contribution in [0.4, 0.5) is 15.2 Å². The summed E-state index contributed by atoms with van der Waals surface area (Å²) < 4.78 is 13.0. The number of aromatic nitrogens is 1. The SMILES string of the molecule is CN(C)C(=O)c1csc(N2CCN(c3ccc(F)cc3)CC2)n1. The minimum atomic E-state index is -0.215. The van der Waals surface area contributed by atoms with Crippen LogP contribution < -0.4 is 9.80 Å². The average molecular weight is 334 g/mol. The lowest BCUT2D eigenvalue weighted by atomic mass is 10.2. The fraction of sp³-hybridized carbons (Fsp3) is 0.375. The van der Waals surface area contributed by atoms with Crippen molar-refractivity contribution >= 4 is 28.1 Å². The smallest absolute Gasteiger partial charge is 0.272 e. The van der Waals surface area contributed by atoms with Crippen LogP contribution in [0.3, 0.4) is 0 Å². The first-order valence-electron chi connectivity index (χ1n) is 7.47. The van der Waals surface area contributed by atoms with Gasteiger partial charge in [-0.2, -0.15) is 0 Å². The van der Waals surface area contributed by atoms with Crippen molar-refractivity contribution in [2.45, 2.75) is 0 Å². The van der Waals surface area contributed by atoms with Crippen LogP contribution >= 0.6 is 11.3 Å². The molecule has 23 heavy (non-hydrogen) atoms. The van der Waals surface area contributed by atoms with Gasteiger partial charge >= 0.3 is 0 Å². The van der Waals surface area contributed by atoms with E-state index < -0.39 is 0 Å². The molecule has 0 radical (unpaired) electrons. The monoisotopic (exact) mass is 334 g/mol. The number of amides is 1. The zero-order chi connectivity index (χ0) is 16.4. The van der Waals surface area contributed by atoms with Gasteiger partial charge in [-0.25, -0.2) is 9.37 Å². The molecule has 7 heteroatoms. The highest BCUT2D eigenvalue weighted by Crippen LogP contribution is 2.24.